The lowest BCUT2D eigenvalue weighted by Gasteiger charge is -2.21. The maximum absolute atomic E-state index is 13.0. The molecule has 0 bridgehead atoms. The van der Waals surface area contributed by atoms with Gasteiger partial charge in [0, 0.05) is 23.9 Å². The summed E-state index contributed by atoms with van der Waals surface area (Å²) in [6.07, 6.45) is 4.86. The van der Waals surface area contributed by atoms with Gasteiger partial charge in [-0.1, -0.05) is 24.0 Å². The van der Waals surface area contributed by atoms with Crippen molar-refractivity contribution in [2.75, 3.05) is 13.6 Å². The van der Waals surface area contributed by atoms with Gasteiger partial charge < -0.3 is 4.90 Å². The van der Waals surface area contributed by atoms with Gasteiger partial charge in [0.1, 0.15) is 5.65 Å². The fourth-order valence-electron chi connectivity index (χ4n) is 3.55. The summed E-state index contributed by atoms with van der Waals surface area (Å²) >= 11 is 0. The third kappa shape index (κ3) is 3.79. The second kappa shape index (κ2) is 7.38. The quantitative estimate of drug-likeness (QED) is 0.580. The molecule has 0 aliphatic carbocycles. The van der Waals surface area contributed by atoms with Crippen molar-refractivity contribution >= 4 is 5.65 Å². The summed E-state index contributed by atoms with van der Waals surface area (Å²) in [7, 11) is 2.06. The van der Waals surface area contributed by atoms with Crippen molar-refractivity contribution in [3.05, 3.63) is 80.9 Å². The smallest absolute Gasteiger partial charge is 0.262 e. The molecule has 0 fully saturated rings. The Morgan fingerprint density at radius 2 is 1.89 bits per heavy atom. The van der Waals surface area contributed by atoms with Crippen LogP contribution in [0.4, 0.5) is 0 Å². The molecule has 0 radical (unpaired) electrons. The minimum absolute atomic E-state index is 0.0435. The van der Waals surface area contributed by atoms with Crippen LogP contribution in [0, 0.1) is 18.8 Å². The van der Waals surface area contributed by atoms with Crippen LogP contribution < -0.4 is 5.56 Å². The van der Waals surface area contributed by atoms with Crippen LogP contribution in [0.3, 0.4) is 0 Å². The molecule has 0 unspecified atom stereocenters. The van der Waals surface area contributed by atoms with Gasteiger partial charge in [-0.25, -0.2) is 4.98 Å². The molecule has 3 heterocycles. The summed E-state index contributed by atoms with van der Waals surface area (Å²) in [5, 5.41) is 0. The van der Waals surface area contributed by atoms with Crippen LogP contribution in [0.25, 0.3) is 5.65 Å². The van der Waals surface area contributed by atoms with Gasteiger partial charge in [-0.05, 0) is 69.6 Å². The van der Waals surface area contributed by atoms with Crippen LogP contribution in [0.1, 0.15) is 40.8 Å². The lowest BCUT2D eigenvalue weighted by Crippen LogP contribution is -2.30. The number of aryl methyl sites for hydroxylation is 2. The number of benzene rings is 1. The van der Waals surface area contributed by atoms with Crippen molar-refractivity contribution in [2.24, 2.45) is 0 Å². The standard InChI is InChI=1S/C23H23N3O/c1-17-6-5-7-18(14-17)9-10-19-11-13-26-22(15-19)24-21-8-3-4-12-25(2)16-20(21)23(26)27/h5-7,11,13-15H,3-4,8,12,16H2,1-2H3. The van der Waals surface area contributed by atoms with Gasteiger partial charge in [0.15, 0.2) is 0 Å². The third-order valence-electron chi connectivity index (χ3n) is 5.01. The maximum Gasteiger partial charge on any atom is 0.262 e. The van der Waals surface area contributed by atoms with Gasteiger partial charge in [0.05, 0.1) is 11.3 Å². The van der Waals surface area contributed by atoms with Gasteiger partial charge in [-0.2, -0.15) is 0 Å². The fourth-order valence-corrected chi connectivity index (χ4v) is 3.55. The Kier molecular flexibility index (Phi) is 4.79. The van der Waals surface area contributed by atoms with Crippen molar-refractivity contribution in [3.8, 4) is 11.8 Å². The molecule has 1 aliphatic heterocycles. The summed E-state index contributed by atoms with van der Waals surface area (Å²) in [5.41, 5.74) is 5.54. The van der Waals surface area contributed by atoms with Crippen LogP contribution in [0.2, 0.25) is 0 Å². The largest absolute Gasteiger partial charge is 0.302 e. The highest BCUT2D eigenvalue weighted by molar-refractivity contribution is 5.51. The Balaban J connectivity index is 1.76. The molecule has 4 heteroatoms. The Morgan fingerprint density at radius 1 is 1.07 bits per heavy atom. The molecule has 4 rings (SSSR count). The van der Waals surface area contributed by atoms with E-state index in [1.54, 1.807) is 10.6 Å². The van der Waals surface area contributed by atoms with E-state index < -0.39 is 0 Å². The lowest BCUT2D eigenvalue weighted by molar-refractivity contribution is 0.308. The summed E-state index contributed by atoms with van der Waals surface area (Å²) < 4.78 is 1.64. The highest BCUT2D eigenvalue weighted by Gasteiger charge is 2.16. The van der Waals surface area contributed by atoms with Crippen molar-refractivity contribution in [1.82, 2.24) is 14.3 Å². The number of hydrogen-bond donors (Lipinski definition) is 0. The predicted molar refractivity (Wildman–Crippen MR) is 108 cm³/mol. The zero-order valence-corrected chi connectivity index (χ0v) is 15.8. The van der Waals surface area contributed by atoms with Crippen molar-refractivity contribution in [2.45, 2.75) is 32.7 Å². The van der Waals surface area contributed by atoms with Crippen molar-refractivity contribution in [3.63, 3.8) is 0 Å². The van der Waals surface area contributed by atoms with Gasteiger partial charge >= 0.3 is 0 Å². The van der Waals surface area contributed by atoms with E-state index >= 15 is 0 Å². The fraction of sp³-hybridized carbons (Fsp3) is 0.304. The third-order valence-corrected chi connectivity index (χ3v) is 5.01. The first-order valence-electron chi connectivity index (χ1n) is 9.41. The average molecular weight is 357 g/mol. The van der Waals surface area contributed by atoms with E-state index in [1.807, 2.05) is 24.3 Å². The number of rotatable bonds is 0. The SMILES string of the molecule is Cc1cccc(C#Cc2ccn3c(=O)c4c(nc3c2)CCCCN(C)C4)c1. The molecule has 0 saturated carbocycles. The van der Waals surface area contributed by atoms with Gasteiger partial charge in [0.2, 0.25) is 0 Å². The topological polar surface area (TPSA) is 37.6 Å². The van der Waals surface area contributed by atoms with Crippen LogP contribution in [0.15, 0.2) is 47.4 Å². The second-order valence-corrected chi connectivity index (χ2v) is 7.30. The van der Waals surface area contributed by atoms with Crippen molar-refractivity contribution < 1.29 is 0 Å². The minimum atomic E-state index is 0.0435. The Morgan fingerprint density at radius 3 is 2.70 bits per heavy atom. The van der Waals surface area contributed by atoms with Gasteiger partial charge in [-0.15, -0.1) is 0 Å². The number of hydrogen-bond acceptors (Lipinski definition) is 3. The first kappa shape index (κ1) is 17.5. The molecule has 2 aromatic heterocycles. The van der Waals surface area contributed by atoms with E-state index in [1.165, 1.54) is 5.56 Å². The minimum Gasteiger partial charge on any atom is -0.302 e. The highest BCUT2D eigenvalue weighted by Crippen LogP contribution is 2.15. The van der Waals surface area contributed by atoms with E-state index in [4.69, 9.17) is 4.98 Å². The van der Waals surface area contributed by atoms with Crippen LogP contribution in [0.5, 0.6) is 0 Å². The monoisotopic (exact) mass is 357 g/mol. The predicted octanol–water partition coefficient (Wildman–Crippen LogP) is 3.17. The van der Waals surface area contributed by atoms with Crippen LogP contribution in [-0.2, 0) is 13.0 Å². The molecule has 136 valence electrons. The molecular weight excluding hydrogens is 334 g/mol. The Bertz CT molecular complexity index is 1120. The summed E-state index contributed by atoms with van der Waals surface area (Å²) in [5.74, 6) is 6.39. The molecular formula is C23H23N3O. The Labute approximate surface area is 159 Å². The molecule has 0 amide bonds. The first-order chi connectivity index (χ1) is 13.1. The zero-order valence-electron chi connectivity index (χ0n) is 15.8. The van der Waals surface area contributed by atoms with Crippen molar-refractivity contribution in [1.29, 1.82) is 0 Å². The first-order valence-corrected chi connectivity index (χ1v) is 9.41. The maximum atomic E-state index is 13.0. The molecule has 1 aliphatic rings. The van der Waals surface area contributed by atoms with Gasteiger partial charge in [-0.3, -0.25) is 9.20 Å². The number of fused-ring (bicyclic) bond motifs is 2. The summed E-state index contributed by atoms with van der Waals surface area (Å²) in [6.45, 7) is 3.75. The number of pyridine rings is 1. The molecule has 3 aromatic rings. The molecule has 0 atom stereocenters. The van der Waals surface area contributed by atoms with E-state index in [0.717, 1.165) is 48.2 Å². The molecule has 27 heavy (non-hydrogen) atoms. The second-order valence-electron chi connectivity index (χ2n) is 7.30. The summed E-state index contributed by atoms with van der Waals surface area (Å²) in [6, 6.07) is 11.9. The van der Waals surface area contributed by atoms with E-state index in [2.05, 4.69) is 42.8 Å². The van der Waals surface area contributed by atoms with E-state index in [0.29, 0.717) is 12.2 Å². The summed E-state index contributed by atoms with van der Waals surface area (Å²) in [4.78, 5) is 20.0. The van der Waals surface area contributed by atoms with E-state index in [9.17, 15) is 4.79 Å². The number of aromatic nitrogens is 2. The highest BCUT2D eigenvalue weighted by atomic mass is 16.1. The average Bonchev–Trinajstić information content (AvgIpc) is 2.64. The normalized spacial score (nSPS) is 14.7. The van der Waals surface area contributed by atoms with Crippen LogP contribution >= 0.6 is 0 Å². The molecule has 4 nitrogen and oxygen atoms in total. The molecule has 0 N–H and O–H groups in total. The molecule has 1 aromatic carbocycles. The van der Waals surface area contributed by atoms with Crippen LogP contribution in [-0.4, -0.2) is 27.9 Å². The van der Waals surface area contributed by atoms with Gasteiger partial charge in [0.25, 0.3) is 5.56 Å². The zero-order chi connectivity index (χ0) is 18.8. The molecule has 0 spiro atoms. The van der Waals surface area contributed by atoms with E-state index in [-0.39, 0.29) is 5.56 Å². The molecule has 0 saturated heterocycles. The number of nitrogens with zero attached hydrogens (tertiary/aromatic N) is 3. The lowest BCUT2D eigenvalue weighted by atomic mass is 10.1. The Hall–Kier alpha value is -2.90.